The quantitative estimate of drug-likeness (QED) is 0.289. The minimum atomic E-state index is -0.541. The van der Waals surface area contributed by atoms with E-state index in [1.54, 1.807) is 11.6 Å². The van der Waals surface area contributed by atoms with Gasteiger partial charge >= 0.3 is 0 Å². The Hall–Kier alpha value is -2.93. The molecule has 168 valence electrons. The lowest BCUT2D eigenvalue weighted by Gasteiger charge is -2.29. The fourth-order valence-corrected chi connectivity index (χ4v) is 5.03. The zero-order chi connectivity index (χ0) is 22.7. The van der Waals surface area contributed by atoms with E-state index >= 15 is 0 Å². The van der Waals surface area contributed by atoms with Crippen LogP contribution in [0.3, 0.4) is 0 Å². The van der Waals surface area contributed by atoms with Crippen LogP contribution < -0.4 is 5.48 Å². The number of aryl methyl sites for hydroxylation is 2. The van der Waals surface area contributed by atoms with E-state index < -0.39 is 5.91 Å². The first-order valence-electron chi connectivity index (χ1n) is 11.2. The average molecular weight is 434 g/mol. The number of fused-ring (bicyclic) bond motifs is 2. The number of hydrogen-bond donors (Lipinski definition) is 3. The number of amides is 1. The molecule has 0 bridgehead atoms. The monoisotopic (exact) mass is 433 g/mol. The van der Waals surface area contributed by atoms with Crippen molar-refractivity contribution in [1.82, 2.24) is 14.9 Å². The van der Waals surface area contributed by atoms with Gasteiger partial charge in [0.1, 0.15) is 0 Å². The predicted molar refractivity (Wildman–Crippen MR) is 126 cm³/mol. The maximum atomic E-state index is 11.2. The molecule has 4 rings (SSSR count). The van der Waals surface area contributed by atoms with Crippen molar-refractivity contribution in [1.29, 1.82) is 0 Å². The molecule has 0 aliphatic heterocycles. The van der Waals surface area contributed by atoms with Gasteiger partial charge in [0.2, 0.25) is 0 Å². The van der Waals surface area contributed by atoms with Crippen LogP contribution in [-0.2, 0) is 24.7 Å². The molecular formula is C26H31N3O3. The molecule has 0 spiro atoms. The summed E-state index contributed by atoms with van der Waals surface area (Å²) in [5, 5.41) is 19.7. The molecule has 1 aromatic heterocycles. The standard InChI is InChI=1S/C26H31N3O3/c1-18-21(23-5-3-4-6-24(23)28(18)2)13-14-29(15-16-30)25-11-9-20-17-19(7-10-22(20)25)8-12-26(31)27-32/h3-8,10,12,17,25,30,32H,9,11,13-16H2,1-2H3,(H,27,31)/b12-8+. The first-order valence-corrected chi connectivity index (χ1v) is 11.2. The molecule has 1 aliphatic carbocycles. The molecule has 1 amide bonds. The summed E-state index contributed by atoms with van der Waals surface area (Å²) in [7, 11) is 2.12. The van der Waals surface area contributed by atoms with Crippen molar-refractivity contribution in [2.75, 3.05) is 19.7 Å². The van der Waals surface area contributed by atoms with Crippen LogP contribution in [0.1, 0.15) is 40.4 Å². The molecule has 1 unspecified atom stereocenters. The van der Waals surface area contributed by atoms with E-state index in [0.717, 1.165) is 31.4 Å². The smallest absolute Gasteiger partial charge is 0.267 e. The second-order valence-electron chi connectivity index (χ2n) is 8.47. The zero-order valence-corrected chi connectivity index (χ0v) is 18.7. The molecule has 0 saturated carbocycles. The molecule has 1 heterocycles. The van der Waals surface area contributed by atoms with Crippen LogP contribution in [0.2, 0.25) is 0 Å². The third-order valence-corrected chi connectivity index (χ3v) is 6.76. The highest BCUT2D eigenvalue weighted by atomic mass is 16.5. The Morgan fingerprint density at radius 1 is 1.25 bits per heavy atom. The molecule has 32 heavy (non-hydrogen) atoms. The summed E-state index contributed by atoms with van der Waals surface area (Å²) in [6, 6.07) is 15.1. The first kappa shape index (κ1) is 22.3. The molecule has 1 atom stereocenters. The van der Waals surface area contributed by atoms with Crippen molar-refractivity contribution in [2.45, 2.75) is 32.2 Å². The molecule has 2 aromatic carbocycles. The highest BCUT2D eigenvalue weighted by molar-refractivity contribution is 5.90. The molecular weight excluding hydrogens is 402 g/mol. The highest BCUT2D eigenvalue weighted by Gasteiger charge is 2.28. The fourth-order valence-electron chi connectivity index (χ4n) is 5.03. The van der Waals surface area contributed by atoms with Crippen molar-refractivity contribution in [3.05, 3.63) is 76.5 Å². The molecule has 1 aliphatic rings. The van der Waals surface area contributed by atoms with Gasteiger partial charge in [-0.15, -0.1) is 0 Å². The number of carbonyl (C=O) groups is 1. The van der Waals surface area contributed by atoms with Crippen molar-refractivity contribution >= 4 is 22.9 Å². The molecule has 6 heteroatoms. The van der Waals surface area contributed by atoms with Gasteiger partial charge in [-0.1, -0.05) is 36.4 Å². The van der Waals surface area contributed by atoms with Crippen LogP contribution in [0.15, 0.2) is 48.5 Å². The predicted octanol–water partition coefficient (Wildman–Crippen LogP) is 3.53. The third kappa shape index (κ3) is 4.35. The lowest BCUT2D eigenvalue weighted by molar-refractivity contribution is -0.124. The second-order valence-corrected chi connectivity index (χ2v) is 8.47. The maximum Gasteiger partial charge on any atom is 0.267 e. The lowest BCUT2D eigenvalue weighted by atomic mass is 10.0. The number of benzene rings is 2. The Labute approximate surface area is 188 Å². The molecule has 3 aromatic rings. The normalized spacial score (nSPS) is 15.7. The largest absolute Gasteiger partial charge is 0.395 e. The molecule has 3 N–H and O–H groups in total. The van der Waals surface area contributed by atoms with Crippen LogP contribution in [0, 0.1) is 6.92 Å². The zero-order valence-electron chi connectivity index (χ0n) is 18.7. The van der Waals surface area contributed by atoms with Gasteiger partial charge in [0.15, 0.2) is 0 Å². The van der Waals surface area contributed by atoms with Gasteiger partial charge in [0.25, 0.3) is 5.91 Å². The number of aromatic nitrogens is 1. The number of hydrogen-bond acceptors (Lipinski definition) is 4. The van der Waals surface area contributed by atoms with Crippen molar-refractivity contribution < 1.29 is 15.1 Å². The lowest BCUT2D eigenvalue weighted by Crippen LogP contribution is -2.32. The van der Waals surface area contributed by atoms with E-state index in [2.05, 4.69) is 59.8 Å². The summed E-state index contributed by atoms with van der Waals surface area (Å²) in [6.45, 7) is 3.85. The van der Waals surface area contributed by atoms with E-state index in [4.69, 9.17) is 5.21 Å². The van der Waals surface area contributed by atoms with Gasteiger partial charge in [0.05, 0.1) is 6.61 Å². The summed E-state index contributed by atoms with van der Waals surface area (Å²) in [5.41, 5.74) is 9.07. The summed E-state index contributed by atoms with van der Waals surface area (Å²) in [4.78, 5) is 13.7. The number of nitrogens with zero attached hydrogens (tertiary/aromatic N) is 2. The summed E-state index contributed by atoms with van der Waals surface area (Å²) < 4.78 is 2.26. The Balaban J connectivity index is 1.53. The van der Waals surface area contributed by atoms with Gasteiger partial charge in [-0.25, -0.2) is 5.48 Å². The van der Waals surface area contributed by atoms with Crippen LogP contribution >= 0.6 is 0 Å². The van der Waals surface area contributed by atoms with Crippen LogP contribution in [0.25, 0.3) is 17.0 Å². The number of nitrogens with one attached hydrogen (secondary N) is 1. The van der Waals surface area contributed by atoms with E-state index in [1.165, 1.54) is 39.4 Å². The van der Waals surface area contributed by atoms with Gasteiger partial charge < -0.3 is 9.67 Å². The van der Waals surface area contributed by atoms with Crippen molar-refractivity contribution in [3.63, 3.8) is 0 Å². The maximum absolute atomic E-state index is 11.2. The first-order chi connectivity index (χ1) is 15.5. The van der Waals surface area contributed by atoms with Crippen LogP contribution in [-0.4, -0.2) is 45.4 Å². The van der Waals surface area contributed by atoms with E-state index in [1.807, 2.05) is 6.07 Å². The minimum Gasteiger partial charge on any atom is -0.395 e. The Morgan fingerprint density at radius 2 is 2.06 bits per heavy atom. The van der Waals surface area contributed by atoms with E-state index in [0.29, 0.717) is 6.54 Å². The van der Waals surface area contributed by atoms with Gasteiger partial charge in [-0.05, 0) is 60.6 Å². The number of aliphatic hydroxyl groups excluding tert-OH is 1. The Kier molecular flexibility index (Phi) is 6.74. The number of rotatable bonds is 8. The van der Waals surface area contributed by atoms with Crippen LogP contribution in [0.4, 0.5) is 0 Å². The molecule has 0 fully saturated rings. The van der Waals surface area contributed by atoms with E-state index in [-0.39, 0.29) is 12.6 Å². The third-order valence-electron chi connectivity index (χ3n) is 6.76. The van der Waals surface area contributed by atoms with Gasteiger partial charge in [0, 0.05) is 48.9 Å². The number of para-hydroxylation sites is 1. The topological polar surface area (TPSA) is 77.7 Å². The number of carbonyl (C=O) groups excluding carboxylic acids is 1. The Bertz CT molecular complexity index is 1150. The fraction of sp³-hybridized carbons (Fsp3) is 0.346. The summed E-state index contributed by atoms with van der Waals surface area (Å²) in [5.74, 6) is -0.541. The van der Waals surface area contributed by atoms with E-state index in [9.17, 15) is 9.90 Å². The van der Waals surface area contributed by atoms with Crippen molar-refractivity contribution in [3.8, 4) is 0 Å². The minimum absolute atomic E-state index is 0.136. The average Bonchev–Trinajstić information content (AvgIpc) is 3.34. The van der Waals surface area contributed by atoms with Gasteiger partial charge in [-0.2, -0.15) is 0 Å². The number of aliphatic hydroxyl groups is 1. The highest BCUT2D eigenvalue weighted by Crippen LogP contribution is 2.37. The molecule has 0 radical (unpaired) electrons. The summed E-state index contributed by atoms with van der Waals surface area (Å²) >= 11 is 0. The Morgan fingerprint density at radius 3 is 2.84 bits per heavy atom. The van der Waals surface area contributed by atoms with Crippen LogP contribution in [0.5, 0.6) is 0 Å². The second kappa shape index (κ2) is 9.69. The molecule has 6 nitrogen and oxygen atoms in total. The SMILES string of the molecule is Cc1c(CCN(CCO)C2CCc3cc(/C=C/C(=O)NO)ccc32)c2ccccc2n1C. The van der Waals surface area contributed by atoms with Gasteiger partial charge in [-0.3, -0.25) is 14.9 Å². The molecule has 0 saturated heterocycles. The van der Waals surface area contributed by atoms with Crippen molar-refractivity contribution in [2.24, 2.45) is 7.05 Å². The summed E-state index contributed by atoms with van der Waals surface area (Å²) in [6.07, 6.45) is 5.96. The number of hydroxylamine groups is 1.